The number of nitrogens with one attached hydrogen (secondary N) is 1. The molecule has 6 nitrogen and oxygen atoms in total. The lowest BCUT2D eigenvalue weighted by Gasteiger charge is -2.29. The third kappa shape index (κ3) is 5.35. The van der Waals surface area contributed by atoms with Crippen LogP contribution in [0.3, 0.4) is 0 Å². The molecule has 6 heteroatoms. The van der Waals surface area contributed by atoms with Gasteiger partial charge in [-0.15, -0.1) is 0 Å². The van der Waals surface area contributed by atoms with Crippen LogP contribution in [-0.2, 0) is 9.59 Å². The standard InChI is InChI=1S/C26H24N2O4/c1-19-7-11-22(12-8-19)31-16-15-28-23-17-21(10-13-24(23)32-18-26(28)30)27-25(29)14-9-20-5-3-2-4-6-20/h2-14,17H,15-16,18H2,1H3,(H,27,29)/b14-9+. The number of carbonyl (C=O) groups is 2. The van der Waals surface area contributed by atoms with Crippen molar-refractivity contribution in [1.82, 2.24) is 0 Å². The Morgan fingerprint density at radius 3 is 2.66 bits per heavy atom. The predicted molar refractivity (Wildman–Crippen MR) is 125 cm³/mol. The van der Waals surface area contributed by atoms with E-state index in [1.807, 2.05) is 61.5 Å². The molecule has 0 unspecified atom stereocenters. The SMILES string of the molecule is Cc1ccc(OCCN2C(=O)COc3ccc(NC(=O)/C=C/c4ccccc4)cc32)cc1. The molecule has 0 saturated carbocycles. The van der Waals surface area contributed by atoms with Gasteiger partial charge in [0.1, 0.15) is 18.1 Å². The van der Waals surface area contributed by atoms with E-state index in [0.29, 0.717) is 30.3 Å². The van der Waals surface area contributed by atoms with Gasteiger partial charge in [-0.2, -0.15) is 0 Å². The second-order valence-corrected chi connectivity index (χ2v) is 7.41. The van der Waals surface area contributed by atoms with Crippen LogP contribution in [0.25, 0.3) is 6.08 Å². The fourth-order valence-corrected chi connectivity index (χ4v) is 3.33. The van der Waals surface area contributed by atoms with Gasteiger partial charge in [0, 0.05) is 11.8 Å². The molecule has 3 aromatic rings. The number of hydrogen-bond acceptors (Lipinski definition) is 4. The number of nitrogens with zero attached hydrogens (tertiary/aromatic N) is 1. The van der Waals surface area contributed by atoms with Crippen LogP contribution < -0.4 is 19.7 Å². The maximum Gasteiger partial charge on any atom is 0.265 e. The Labute approximate surface area is 187 Å². The monoisotopic (exact) mass is 428 g/mol. The van der Waals surface area contributed by atoms with E-state index in [4.69, 9.17) is 9.47 Å². The highest BCUT2D eigenvalue weighted by atomic mass is 16.5. The van der Waals surface area contributed by atoms with Gasteiger partial charge in [0.25, 0.3) is 5.91 Å². The van der Waals surface area contributed by atoms with Crippen LogP contribution in [0.1, 0.15) is 11.1 Å². The number of rotatable bonds is 7. The molecule has 1 aliphatic rings. The number of carbonyl (C=O) groups excluding carboxylic acids is 2. The van der Waals surface area contributed by atoms with Crippen molar-refractivity contribution in [2.45, 2.75) is 6.92 Å². The van der Waals surface area contributed by atoms with Crippen molar-refractivity contribution in [1.29, 1.82) is 0 Å². The van der Waals surface area contributed by atoms with Crippen LogP contribution in [0.15, 0.2) is 78.9 Å². The predicted octanol–water partition coefficient (Wildman–Crippen LogP) is 4.45. The summed E-state index contributed by atoms with van der Waals surface area (Å²) in [6.07, 6.45) is 3.22. The number of ether oxygens (including phenoxy) is 2. The van der Waals surface area contributed by atoms with E-state index in [1.165, 1.54) is 6.08 Å². The van der Waals surface area contributed by atoms with Crippen molar-refractivity contribution >= 4 is 29.3 Å². The third-order valence-electron chi connectivity index (χ3n) is 5.00. The molecular formula is C26H24N2O4. The summed E-state index contributed by atoms with van der Waals surface area (Å²) < 4.78 is 11.3. The minimum atomic E-state index is -0.258. The maximum absolute atomic E-state index is 12.5. The van der Waals surface area contributed by atoms with Gasteiger partial charge >= 0.3 is 0 Å². The van der Waals surface area contributed by atoms with Gasteiger partial charge in [-0.05, 0) is 48.9 Å². The summed E-state index contributed by atoms with van der Waals surface area (Å²) in [5.41, 5.74) is 3.28. The normalized spacial score (nSPS) is 12.9. The van der Waals surface area contributed by atoms with Crippen LogP contribution >= 0.6 is 0 Å². The first-order chi connectivity index (χ1) is 15.6. The molecule has 3 aromatic carbocycles. The molecule has 0 aliphatic carbocycles. The first kappa shape index (κ1) is 21.2. The zero-order chi connectivity index (χ0) is 22.3. The van der Waals surface area contributed by atoms with Crippen molar-refractivity contribution in [3.63, 3.8) is 0 Å². The van der Waals surface area contributed by atoms with E-state index < -0.39 is 0 Å². The van der Waals surface area contributed by atoms with Gasteiger partial charge < -0.3 is 19.7 Å². The zero-order valence-electron chi connectivity index (χ0n) is 17.8. The molecule has 1 heterocycles. The Kier molecular flexibility index (Phi) is 6.51. The van der Waals surface area contributed by atoms with Crippen molar-refractivity contribution in [2.24, 2.45) is 0 Å². The fourth-order valence-electron chi connectivity index (χ4n) is 3.33. The number of fused-ring (bicyclic) bond motifs is 1. The summed E-state index contributed by atoms with van der Waals surface area (Å²) in [6, 6.07) is 22.6. The van der Waals surface area contributed by atoms with E-state index in [-0.39, 0.29) is 18.4 Å². The quantitative estimate of drug-likeness (QED) is 0.565. The van der Waals surface area contributed by atoms with Crippen LogP contribution in [0.5, 0.6) is 11.5 Å². The Balaban J connectivity index is 1.42. The largest absolute Gasteiger partial charge is 0.492 e. The smallest absolute Gasteiger partial charge is 0.265 e. The first-order valence-electron chi connectivity index (χ1n) is 10.4. The molecule has 1 N–H and O–H groups in total. The second kappa shape index (κ2) is 9.83. The molecule has 0 fully saturated rings. The number of benzene rings is 3. The average molecular weight is 428 g/mol. The molecule has 0 radical (unpaired) electrons. The first-order valence-corrected chi connectivity index (χ1v) is 10.4. The van der Waals surface area contributed by atoms with Gasteiger partial charge in [0.15, 0.2) is 6.61 Å². The van der Waals surface area contributed by atoms with E-state index in [2.05, 4.69) is 5.32 Å². The van der Waals surface area contributed by atoms with Crippen molar-refractivity contribution < 1.29 is 19.1 Å². The number of amides is 2. The van der Waals surface area contributed by atoms with Gasteiger partial charge in [-0.25, -0.2) is 0 Å². The Morgan fingerprint density at radius 2 is 1.88 bits per heavy atom. The van der Waals surface area contributed by atoms with E-state index in [0.717, 1.165) is 16.9 Å². The number of anilines is 2. The molecule has 0 aromatic heterocycles. The Hall–Kier alpha value is -4.06. The highest BCUT2D eigenvalue weighted by molar-refractivity contribution is 6.03. The highest BCUT2D eigenvalue weighted by Gasteiger charge is 2.26. The average Bonchev–Trinajstić information content (AvgIpc) is 2.81. The van der Waals surface area contributed by atoms with Gasteiger partial charge in [0.05, 0.1) is 12.2 Å². The molecule has 32 heavy (non-hydrogen) atoms. The summed E-state index contributed by atoms with van der Waals surface area (Å²) in [4.78, 5) is 26.4. The highest BCUT2D eigenvalue weighted by Crippen LogP contribution is 2.34. The Bertz CT molecular complexity index is 1120. The summed E-state index contributed by atoms with van der Waals surface area (Å²) in [6.45, 7) is 2.70. The maximum atomic E-state index is 12.5. The minimum absolute atomic E-state index is 0.0248. The second-order valence-electron chi connectivity index (χ2n) is 7.41. The molecule has 1 aliphatic heterocycles. The summed E-state index contributed by atoms with van der Waals surface area (Å²) in [5, 5.41) is 2.83. The van der Waals surface area contributed by atoms with Crippen LogP contribution in [-0.4, -0.2) is 31.6 Å². The van der Waals surface area contributed by atoms with Crippen molar-refractivity contribution in [2.75, 3.05) is 30.0 Å². The van der Waals surface area contributed by atoms with Gasteiger partial charge in [-0.1, -0.05) is 48.0 Å². The minimum Gasteiger partial charge on any atom is -0.492 e. The molecule has 2 amide bonds. The topological polar surface area (TPSA) is 67.9 Å². The lowest BCUT2D eigenvalue weighted by Crippen LogP contribution is -2.41. The third-order valence-corrected chi connectivity index (χ3v) is 5.00. The summed E-state index contributed by atoms with van der Waals surface area (Å²) in [7, 11) is 0. The Morgan fingerprint density at radius 1 is 1.09 bits per heavy atom. The lowest BCUT2D eigenvalue weighted by molar-refractivity contribution is -0.121. The molecule has 162 valence electrons. The molecule has 4 rings (SSSR count). The van der Waals surface area contributed by atoms with Crippen LogP contribution in [0.2, 0.25) is 0 Å². The molecule has 0 atom stereocenters. The summed E-state index contributed by atoms with van der Waals surface area (Å²) in [5.74, 6) is 0.934. The summed E-state index contributed by atoms with van der Waals surface area (Å²) >= 11 is 0. The van der Waals surface area contributed by atoms with Crippen molar-refractivity contribution in [3.05, 3.63) is 90.0 Å². The number of hydrogen-bond donors (Lipinski definition) is 1. The van der Waals surface area contributed by atoms with Crippen LogP contribution in [0.4, 0.5) is 11.4 Å². The van der Waals surface area contributed by atoms with Crippen molar-refractivity contribution in [3.8, 4) is 11.5 Å². The van der Waals surface area contributed by atoms with E-state index in [9.17, 15) is 9.59 Å². The zero-order valence-corrected chi connectivity index (χ0v) is 17.8. The van der Waals surface area contributed by atoms with Gasteiger partial charge in [0.2, 0.25) is 5.91 Å². The van der Waals surface area contributed by atoms with E-state index >= 15 is 0 Å². The number of aryl methyl sites for hydroxylation is 1. The molecule has 0 spiro atoms. The van der Waals surface area contributed by atoms with Gasteiger partial charge in [-0.3, -0.25) is 9.59 Å². The van der Waals surface area contributed by atoms with E-state index in [1.54, 1.807) is 29.2 Å². The molecule has 0 saturated heterocycles. The fraction of sp³-hybridized carbons (Fsp3) is 0.154. The molecule has 0 bridgehead atoms. The lowest BCUT2D eigenvalue weighted by atomic mass is 10.2. The van der Waals surface area contributed by atoms with Crippen LogP contribution in [0, 0.1) is 6.92 Å². The molecular weight excluding hydrogens is 404 g/mol.